The Morgan fingerprint density at radius 1 is 0.941 bits per heavy atom. The number of carbonyl (C=O) groups is 4. The summed E-state index contributed by atoms with van der Waals surface area (Å²) in [7, 11) is 0. The molecule has 0 unspecified atom stereocenters. The fourth-order valence-corrected chi connectivity index (χ4v) is 4.61. The number of nitrogens with zero attached hydrogens (tertiary/aromatic N) is 1. The van der Waals surface area contributed by atoms with Crippen molar-refractivity contribution in [2.24, 2.45) is 0 Å². The van der Waals surface area contributed by atoms with Crippen molar-refractivity contribution in [3.8, 4) is 0 Å². The maximum absolute atomic E-state index is 13.5. The van der Waals surface area contributed by atoms with Crippen LogP contribution >= 0.6 is 11.8 Å². The normalized spacial score (nSPS) is 12.3. The third-order valence-corrected chi connectivity index (χ3v) is 6.36. The van der Waals surface area contributed by atoms with Crippen molar-refractivity contribution in [2.45, 2.75) is 23.6 Å². The number of ketones is 1. The van der Waals surface area contributed by atoms with Crippen LogP contribution in [0.4, 0.5) is 11.4 Å². The van der Waals surface area contributed by atoms with Crippen LogP contribution in [0.5, 0.6) is 0 Å². The van der Waals surface area contributed by atoms with Gasteiger partial charge < -0.3 is 10.1 Å². The minimum absolute atomic E-state index is 0.0711. The molecule has 0 aromatic heterocycles. The highest BCUT2D eigenvalue weighted by atomic mass is 32.2. The van der Waals surface area contributed by atoms with Gasteiger partial charge in [-0.3, -0.25) is 19.3 Å². The molecule has 0 radical (unpaired) electrons. The van der Waals surface area contributed by atoms with E-state index in [9.17, 15) is 19.2 Å². The van der Waals surface area contributed by atoms with E-state index in [0.717, 1.165) is 9.79 Å². The monoisotopic (exact) mass is 474 g/mol. The van der Waals surface area contributed by atoms with Gasteiger partial charge in [-0.05, 0) is 68.4 Å². The van der Waals surface area contributed by atoms with Gasteiger partial charge in [-0.25, -0.2) is 4.79 Å². The molecule has 3 aromatic carbocycles. The van der Waals surface area contributed by atoms with Crippen LogP contribution in [0.25, 0.3) is 0 Å². The molecule has 1 heterocycles. The average Bonchev–Trinajstić information content (AvgIpc) is 2.94. The molecule has 0 atom stereocenters. The van der Waals surface area contributed by atoms with Crippen molar-refractivity contribution in [2.75, 3.05) is 23.4 Å². The van der Waals surface area contributed by atoms with Crippen LogP contribution in [0.15, 0.2) is 76.5 Å². The van der Waals surface area contributed by atoms with Crippen LogP contribution in [-0.2, 0) is 9.53 Å². The van der Waals surface area contributed by atoms with Gasteiger partial charge in [0.05, 0.1) is 23.4 Å². The zero-order valence-electron chi connectivity index (χ0n) is 18.7. The maximum atomic E-state index is 13.5. The summed E-state index contributed by atoms with van der Waals surface area (Å²) in [5, 5.41) is 2.77. The van der Waals surface area contributed by atoms with Crippen LogP contribution < -0.4 is 10.2 Å². The first-order valence-corrected chi connectivity index (χ1v) is 11.5. The van der Waals surface area contributed by atoms with Crippen molar-refractivity contribution < 1.29 is 23.9 Å². The molecule has 0 bridgehead atoms. The number of esters is 1. The minimum Gasteiger partial charge on any atom is -0.462 e. The van der Waals surface area contributed by atoms with E-state index in [2.05, 4.69) is 5.32 Å². The van der Waals surface area contributed by atoms with Gasteiger partial charge in [0, 0.05) is 21.0 Å². The Morgan fingerprint density at radius 2 is 1.65 bits per heavy atom. The number of ether oxygens (including phenoxy) is 1. The zero-order chi connectivity index (χ0) is 24.2. The third kappa shape index (κ3) is 4.87. The molecule has 0 aliphatic carbocycles. The molecule has 7 nitrogen and oxygen atoms in total. The van der Waals surface area contributed by atoms with E-state index in [1.807, 2.05) is 12.1 Å². The quantitative estimate of drug-likeness (QED) is 0.407. The molecular weight excluding hydrogens is 452 g/mol. The van der Waals surface area contributed by atoms with Crippen molar-refractivity contribution in [1.82, 2.24) is 0 Å². The minimum atomic E-state index is -0.500. The molecule has 8 heteroatoms. The van der Waals surface area contributed by atoms with Gasteiger partial charge in [-0.1, -0.05) is 23.9 Å². The number of hydrogen-bond donors (Lipinski definition) is 1. The van der Waals surface area contributed by atoms with Crippen LogP contribution in [0.3, 0.4) is 0 Å². The summed E-state index contributed by atoms with van der Waals surface area (Å²) in [6.07, 6.45) is 0. The number of amides is 2. The van der Waals surface area contributed by atoms with Gasteiger partial charge in [0.2, 0.25) is 5.91 Å². The first kappa shape index (κ1) is 23.3. The van der Waals surface area contributed by atoms with Gasteiger partial charge >= 0.3 is 5.97 Å². The van der Waals surface area contributed by atoms with E-state index in [4.69, 9.17) is 4.74 Å². The number of fused-ring (bicyclic) bond motifs is 2. The fraction of sp³-hybridized carbons (Fsp3) is 0.154. The van der Waals surface area contributed by atoms with Crippen molar-refractivity contribution in [1.29, 1.82) is 0 Å². The highest BCUT2D eigenvalue weighted by Crippen LogP contribution is 2.41. The summed E-state index contributed by atoms with van der Waals surface area (Å²) in [6, 6.07) is 18.7. The molecule has 0 saturated carbocycles. The Kier molecular flexibility index (Phi) is 6.79. The molecule has 4 rings (SSSR count). The lowest BCUT2D eigenvalue weighted by Crippen LogP contribution is -2.38. The van der Waals surface area contributed by atoms with Crippen molar-refractivity contribution in [3.63, 3.8) is 0 Å². The molecule has 0 fully saturated rings. The first-order valence-electron chi connectivity index (χ1n) is 10.7. The lowest BCUT2D eigenvalue weighted by atomic mass is 10.1. The zero-order valence-corrected chi connectivity index (χ0v) is 19.5. The second kappa shape index (κ2) is 9.93. The van der Waals surface area contributed by atoms with Gasteiger partial charge in [-0.2, -0.15) is 0 Å². The van der Waals surface area contributed by atoms with Gasteiger partial charge in [0.25, 0.3) is 5.91 Å². The van der Waals surface area contributed by atoms with E-state index in [0.29, 0.717) is 28.1 Å². The van der Waals surface area contributed by atoms with Gasteiger partial charge in [0.1, 0.15) is 6.54 Å². The van der Waals surface area contributed by atoms with E-state index in [1.54, 1.807) is 61.5 Å². The number of rotatable bonds is 6. The second-order valence-electron chi connectivity index (χ2n) is 7.57. The van der Waals surface area contributed by atoms with Crippen molar-refractivity contribution in [3.05, 3.63) is 83.4 Å². The number of hydrogen-bond acceptors (Lipinski definition) is 6. The summed E-state index contributed by atoms with van der Waals surface area (Å²) < 4.78 is 5.11. The summed E-state index contributed by atoms with van der Waals surface area (Å²) in [6.45, 7) is 3.15. The summed E-state index contributed by atoms with van der Waals surface area (Å²) >= 11 is 1.40. The van der Waals surface area contributed by atoms with Crippen molar-refractivity contribution >= 4 is 46.7 Å². The lowest BCUT2D eigenvalue weighted by molar-refractivity contribution is -0.114. The molecule has 34 heavy (non-hydrogen) atoms. The van der Waals surface area contributed by atoms with E-state index >= 15 is 0 Å². The smallest absolute Gasteiger partial charge is 0.338 e. The summed E-state index contributed by atoms with van der Waals surface area (Å²) in [5.41, 5.74) is 2.27. The number of carbonyl (C=O) groups excluding carboxylic acids is 4. The highest BCUT2D eigenvalue weighted by Gasteiger charge is 2.29. The molecule has 1 aliphatic heterocycles. The summed E-state index contributed by atoms with van der Waals surface area (Å²) in [4.78, 5) is 53.1. The predicted molar refractivity (Wildman–Crippen MR) is 130 cm³/mol. The Balaban J connectivity index is 1.67. The Labute approximate surface area is 201 Å². The Bertz CT molecular complexity index is 1290. The van der Waals surface area contributed by atoms with Crippen LogP contribution in [0, 0.1) is 0 Å². The van der Waals surface area contributed by atoms with E-state index in [1.165, 1.54) is 23.6 Å². The molecular formula is C26H22N2O5S. The largest absolute Gasteiger partial charge is 0.462 e. The SMILES string of the molecule is CCOC(=O)c1ccc2c(c1)N(CC(=O)Nc1ccc(C(C)=O)cc1)C(=O)c1ccccc1S2. The number of nitrogens with one attached hydrogen (secondary N) is 1. The van der Waals surface area contributed by atoms with E-state index in [-0.39, 0.29) is 24.8 Å². The maximum Gasteiger partial charge on any atom is 0.338 e. The molecule has 0 saturated heterocycles. The standard InChI is InChI=1S/C26H22N2O5S/c1-3-33-26(32)18-10-13-23-21(14-18)28(25(31)20-6-4-5-7-22(20)34-23)15-24(30)27-19-11-8-17(9-12-19)16(2)29/h4-14H,3,15H2,1-2H3,(H,27,30). The second-order valence-corrected chi connectivity index (χ2v) is 8.66. The number of benzene rings is 3. The molecule has 3 aromatic rings. The van der Waals surface area contributed by atoms with Crippen LogP contribution in [0.1, 0.15) is 44.9 Å². The highest BCUT2D eigenvalue weighted by molar-refractivity contribution is 7.99. The number of Topliss-reactive ketones (excluding diaryl/α,β-unsaturated/α-hetero) is 1. The Hall–Kier alpha value is -3.91. The van der Waals surface area contributed by atoms with Gasteiger partial charge in [0.15, 0.2) is 5.78 Å². The fourth-order valence-electron chi connectivity index (χ4n) is 3.55. The average molecular weight is 475 g/mol. The molecule has 0 spiro atoms. The molecule has 172 valence electrons. The lowest BCUT2D eigenvalue weighted by Gasteiger charge is -2.23. The first-order chi connectivity index (χ1) is 16.4. The predicted octanol–water partition coefficient (Wildman–Crippen LogP) is 4.82. The molecule has 2 amide bonds. The van der Waals surface area contributed by atoms with E-state index < -0.39 is 11.9 Å². The third-order valence-electron chi connectivity index (χ3n) is 5.22. The number of anilines is 2. The molecule has 1 N–H and O–H groups in total. The topological polar surface area (TPSA) is 92.8 Å². The van der Waals surface area contributed by atoms with Crippen LogP contribution in [0.2, 0.25) is 0 Å². The molecule has 1 aliphatic rings. The van der Waals surface area contributed by atoms with Gasteiger partial charge in [-0.15, -0.1) is 0 Å². The Morgan fingerprint density at radius 3 is 2.35 bits per heavy atom. The van der Waals surface area contributed by atoms with Crippen LogP contribution in [-0.4, -0.2) is 36.7 Å². The summed E-state index contributed by atoms with van der Waals surface area (Å²) in [5.74, 6) is -1.33.